The highest BCUT2D eigenvalue weighted by molar-refractivity contribution is 5.81. The van der Waals surface area contributed by atoms with E-state index in [-0.39, 0.29) is 18.9 Å². The van der Waals surface area contributed by atoms with E-state index in [9.17, 15) is 9.59 Å². The molecule has 0 amide bonds. The molecule has 35 heavy (non-hydrogen) atoms. The van der Waals surface area contributed by atoms with Crippen LogP contribution in [0.25, 0.3) is 0 Å². The molecule has 1 aromatic carbocycles. The SMILES string of the molecule is C=CC(=O)OCOc1ccc(CCC(=O)OC2CCC(C3CCC(CCCCC)CC3)CC2)cc1. The van der Waals surface area contributed by atoms with Crippen molar-refractivity contribution >= 4 is 11.9 Å². The molecular weight excluding hydrogens is 440 g/mol. The first-order valence-electron chi connectivity index (χ1n) is 13.8. The highest BCUT2D eigenvalue weighted by Gasteiger charge is 2.31. The summed E-state index contributed by atoms with van der Waals surface area (Å²) < 4.78 is 16.0. The van der Waals surface area contributed by atoms with Crippen LogP contribution in [0.2, 0.25) is 0 Å². The van der Waals surface area contributed by atoms with Crippen molar-refractivity contribution in [3.05, 3.63) is 42.5 Å². The second-order valence-corrected chi connectivity index (χ2v) is 10.4. The molecule has 0 N–H and O–H groups in total. The molecule has 0 aromatic heterocycles. The number of ether oxygens (including phenoxy) is 3. The van der Waals surface area contributed by atoms with E-state index in [4.69, 9.17) is 14.2 Å². The van der Waals surface area contributed by atoms with Crippen LogP contribution in [0.5, 0.6) is 5.75 Å². The summed E-state index contributed by atoms with van der Waals surface area (Å²) in [5, 5.41) is 0. The molecule has 0 heterocycles. The molecular formula is C30H44O5. The fraction of sp³-hybridized carbons (Fsp3) is 0.667. The van der Waals surface area contributed by atoms with E-state index in [1.807, 2.05) is 24.3 Å². The van der Waals surface area contributed by atoms with E-state index in [2.05, 4.69) is 13.5 Å². The Morgan fingerprint density at radius 1 is 0.943 bits per heavy atom. The minimum atomic E-state index is -0.520. The van der Waals surface area contributed by atoms with Gasteiger partial charge < -0.3 is 14.2 Å². The summed E-state index contributed by atoms with van der Waals surface area (Å²) in [6, 6.07) is 7.45. The lowest BCUT2D eigenvalue weighted by Crippen LogP contribution is -2.29. The number of carbonyl (C=O) groups is 2. The molecule has 5 nitrogen and oxygen atoms in total. The lowest BCUT2D eigenvalue weighted by Gasteiger charge is -2.37. The molecule has 194 valence electrons. The van der Waals surface area contributed by atoms with Gasteiger partial charge in [0.1, 0.15) is 11.9 Å². The van der Waals surface area contributed by atoms with Crippen molar-refractivity contribution < 1.29 is 23.8 Å². The molecule has 3 rings (SSSR count). The first-order valence-corrected chi connectivity index (χ1v) is 13.8. The normalized spacial score (nSPS) is 24.4. The van der Waals surface area contributed by atoms with Crippen molar-refractivity contribution in [3.63, 3.8) is 0 Å². The summed E-state index contributed by atoms with van der Waals surface area (Å²) in [7, 11) is 0. The number of aryl methyl sites for hydroxylation is 1. The number of benzene rings is 1. The van der Waals surface area contributed by atoms with Gasteiger partial charge in [-0.05, 0) is 80.4 Å². The number of unbranched alkanes of at least 4 members (excludes halogenated alkanes) is 2. The fourth-order valence-electron chi connectivity index (χ4n) is 5.77. The van der Waals surface area contributed by atoms with Crippen LogP contribution in [0.4, 0.5) is 0 Å². The Morgan fingerprint density at radius 2 is 1.60 bits per heavy atom. The topological polar surface area (TPSA) is 61.8 Å². The van der Waals surface area contributed by atoms with Crippen LogP contribution in [0.3, 0.4) is 0 Å². The Hall–Kier alpha value is -2.30. The third kappa shape index (κ3) is 9.70. The van der Waals surface area contributed by atoms with Crippen molar-refractivity contribution in [2.75, 3.05) is 6.79 Å². The van der Waals surface area contributed by atoms with Gasteiger partial charge >= 0.3 is 11.9 Å². The number of hydrogen-bond donors (Lipinski definition) is 0. The van der Waals surface area contributed by atoms with Crippen molar-refractivity contribution in [2.45, 2.75) is 103 Å². The first kappa shape index (κ1) is 27.3. The zero-order chi connectivity index (χ0) is 24.9. The number of hydrogen-bond acceptors (Lipinski definition) is 5. The second kappa shape index (κ2) is 15.0. The van der Waals surface area contributed by atoms with Crippen LogP contribution in [0.1, 0.15) is 96.0 Å². The molecule has 0 unspecified atom stereocenters. The van der Waals surface area contributed by atoms with Crippen molar-refractivity contribution in [1.29, 1.82) is 0 Å². The van der Waals surface area contributed by atoms with Gasteiger partial charge in [0.05, 0.1) is 0 Å². The number of esters is 2. The van der Waals surface area contributed by atoms with Gasteiger partial charge in [-0.3, -0.25) is 4.79 Å². The maximum atomic E-state index is 12.4. The van der Waals surface area contributed by atoms with Crippen LogP contribution in [0.15, 0.2) is 36.9 Å². The largest absolute Gasteiger partial charge is 0.462 e. The monoisotopic (exact) mass is 484 g/mol. The summed E-state index contributed by atoms with van der Waals surface area (Å²) in [5.41, 5.74) is 1.05. The van der Waals surface area contributed by atoms with E-state index in [1.165, 1.54) is 64.2 Å². The van der Waals surface area contributed by atoms with Crippen LogP contribution < -0.4 is 4.74 Å². The first-order chi connectivity index (χ1) is 17.1. The molecule has 0 saturated heterocycles. The average molecular weight is 485 g/mol. The molecule has 2 aliphatic carbocycles. The van der Waals surface area contributed by atoms with Crippen LogP contribution >= 0.6 is 0 Å². The lowest BCUT2D eigenvalue weighted by molar-refractivity contribution is -0.151. The van der Waals surface area contributed by atoms with Crippen LogP contribution in [0, 0.1) is 17.8 Å². The van der Waals surface area contributed by atoms with E-state index in [0.717, 1.165) is 42.2 Å². The van der Waals surface area contributed by atoms with Gasteiger partial charge in [-0.2, -0.15) is 0 Å². The summed E-state index contributed by atoms with van der Waals surface area (Å²) >= 11 is 0. The van der Waals surface area contributed by atoms with Crippen molar-refractivity contribution in [1.82, 2.24) is 0 Å². The molecule has 2 saturated carbocycles. The molecule has 0 atom stereocenters. The molecule has 0 radical (unpaired) electrons. The van der Waals surface area contributed by atoms with Crippen LogP contribution in [-0.4, -0.2) is 24.8 Å². The van der Waals surface area contributed by atoms with Gasteiger partial charge in [0.2, 0.25) is 6.79 Å². The zero-order valence-electron chi connectivity index (χ0n) is 21.6. The van der Waals surface area contributed by atoms with E-state index in [0.29, 0.717) is 18.6 Å². The van der Waals surface area contributed by atoms with Gasteiger partial charge in [0.25, 0.3) is 0 Å². The maximum Gasteiger partial charge on any atom is 0.333 e. The van der Waals surface area contributed by atoms with Gasteiger partial charge in [-0.15, -0.1) is 0 Å². The van der Waals surface area contributed by atoms with Gasteiger partial charge in [0, 0.05) is 12.5 Å². The van der Waals surface area contributed by atoms with E-state index >= 15 is 0 Å². The third-order valence-electron chi connectivity index (χ3n) is 7.93. The third-order valence-corrected chi connectivity index (χ3v) is 7.93. The molecule has 1 aromatic rings. The molecule has 2 aliphatic rings. The molecule has 2 fully saturated rings. The Kier molecular flexibility index (Phi) is 11.7. The Bertz CT molecular complexity index is 770. The quantitative estimate of drug-likeness (QED) is 0.128. The minimum Gasteiger partial charge on any atom is -0.462 e. The summed E-state index contributed by atoms with van der Waals surface area (Å²) in [4.78, 5) is 23.4. The smallest absolute Gasteiger partial charge is 0.333 e. The standard InChI is InChI=1S/C30H44O5/c1-3-5-6-7-23-8-13-25(14-9-23)26-15-19-28(20-16-26)35-30(32)21-12-24-10-17-27(18-11-24)33-22-34-29(31)4-2/h4,10-11,17-18,23,25-26,28H,2-3,5-9,12-16,19-22H2,1H3. The summed E-state index contributed by atoms with van der Waals surface area (Å²) in [6.07, 6.45) is 17.9. The fourth-order valence-corrected chi connectivity index (χ4v) is 5.77. The lowest BCUT2D eigenvalue weighted by atomic mass is 9.70. The molecule has 0 aliphatic heterocycles. The summed E-state index contributed by atoms with van der Waals surface area (Å²) in [5.74, 6) is 2.69. The molecule has 5 heteroatoms. The van der Waals surface area contributed by atoms with Gasteiger partial charge in [0.15, 0.2) is 0 Å². The zero-order valence-corrected chi connectivity index (χ0v) is 21.6. The highest BCUT2D eigenvalue weighted by Crippen LogP contribution is 2.41. The van der Waals surface area contributed by atoms with E-state index < -0.39 is 5.97 Å². The molecule has 0 bridgehead atoms. The van der Waals surface area contributed by atoms with E-state index in [1.54, 1.807) is 0 Å². The van der Waals surface area contributed by atoms with Gasteiger partial charge in [-0.1, -0.05) is 64.2 Å². The Morgan fingerprint density at radius 3 is 2.23 bits per heavy atom. The van der Waals surface area contributed by atoms with Crippen molar-refractivity contribution in [2.24, 2.45) is 17.8 Å². The predicted octanol–water partition coefficient (Wildman–Crippen LogP) is 7.17. The predicted molar refractivity (Wildman–Crippen MR) is 138 cm³/mol. The van der Waals surface area contributed by atoms with Crippen LogP contribution in [-0.2, 0) is 25.5 Å². The Balaban J connectivity index is 1.28. The maximum absolute atomic E-state index is 12.4. The van der Waals surface area contributed by atoms with Gasteiger partial charge in [-0.25, -0.2) is 4.79 Å². The number of rotatable bonds is 13. The summed E-state index contributed by atoms with van der Waals surface area (Å²) in [6.45, 7) is 5.47. The minimum absolute atomic E-state index is 0.0955. The number of carbonyl (C=O) groups excluding carboxylic acids is 2. The molecule has 0 spiro atoms. The Labute approximate surface area is 211 Å². The highest BCUT2D eigenvalue weighted by atomic mass is 16.7. The second-order valence-electron chi connectivity index (χ2n) is 10.4. The van der Waals surface area contributed by atoms with Crippen molar-refractivity contribution in [3.8, 4) is 5.75 Å². The average Bonchev–Trinajstić information content (AvgIpc) is 2.89.